The van der Waals surface area contributed by atoms with Gasteiger partial charge < -0.3 is 5.73 Å². The van der Waals surface area contributed by atoms with Crippen LogP contribution in [0.25, 0.3) is 0 Å². The molecule has 0 aliphatic heterocycles. The van der Waals surface area contributed by atoms with Crippen LogP contribution in [-0.4, -0.2) is 23.6 Å². The van der Waals surface area contributed by atoms with Gasteiger partial charge in [0.15, 0.2) is 0 Å². The molecule has 9 heteroatoms. The van der Waals surface area contributed by atoms with Crippen LogP contribution in [-0.2, 0) is 23.1 Å². The van der Waals surface area contributed by atoms with Crippen LogP contribution in [0, 0.1) is 0 Å². The van der Waals surface area contributed by atoms with E-state index < -0.39 is 10.0 Å². The van der Waals surface area contributed by atoms with Gasteiger partial charge in [-0.15, -0.1) is 0 Å². The Morgan fingerprint density at radius 2 is 2.21 bits per heavy atom. The molecular weight excluding hydrogens is 334 g/mol. The molecular formula is C10H12BrN5O2S. The lowest BCUT2D eigenvalue weighted by atomic mass is 10.2. The third-order valence-corrected chi connectivity index (χ3v) is 4.81. The van der Waals surface area contributed by atoms with E-state index in [4.69, 9.17) is 5.73 Å². The van der Waals surface area contributed by atoms with Crippen LogP contribution in [0.1, 0.15) is 11.4 Å². The molecule has 2 rings (SSSR count). The zero-order valence-corrected chi connectivity index (χ0v) is 12.2. The Kier molecular flexibility index (Phi) is 4.30. The Labute approximate surface area is 118 Å². The summed E-state index contributed by atoms with van der Waals surface area (Å²) in [6, 6.07) is 4.96. The third-order valence-electron chi connectivity index (χ3n) is 2.42. The zero-order chi connectivity index (χ0) is 13.9. The lowest BCUT2D eigenvalue weighted by Gasteiger charge is -2.09. The molecule has 1 heterocycles. The summed E-state index contributed by atoms with van der Waals surface area (Å²) in [5.41, 5.74) is 6.25. The summed E-state index contributed by atoms with van der Waals surface area (Å²) in [4.78, 5) is 3.99. The van der Waals surface area contributed by atoms with E-state index in [9.17, 15) is 8.42 Å². The molecule has 19 heavy (non-hydrogen) atoms. The number of nitrogens with one attached hydrogen (secondary N) is 2. The number of rotatable bonds is 5. The number of aromatic amines is 1. The minimum Gasteiger partial charge on any atom is -0.326 e. The first-order valence-corrected chi connectivity index (χ1v) is 7.63. The third kappa shape index (κ3) is 3.38. The molecule has 7 nitrogen and oxygen atoms in total. The van der Waals surface area contributed by atoms with Gasteiger partial charge in [-0.3, -0.25) is 5.10 Å². The number of benzene rings is 1. The molecule has 0 saturated heterocycles. The maximum atomic E-state index is 12.2. The van der Waals surface area contributed by atoms with Crippen molar-refractivity contribution in [2.24, 2.45) is 5.73 Å². The molecule has 0 aliphatic carbocycles. The van der Waals surface area contributed by atoms with E-state index in [-0.39, 0.29) is 18.0 Å². The van der Waals surface area contributed by atoms with Crippen LogP contribution in [0.4, 0.5) is 0 Å². The van der Waals surface area contributed by atoms with Crippen LogP contribution in [0.3, 0.4) is 0 Å². The molecule has 0 saturated carbocycles. The van der Waals surface area contributed by atoms with Crippen LogP contribution in [0.15, 0.2) is 33.9 Å². The number of hydrogen-bond donors (Lipinski definition) is 3. The van der Waals surface area contributed by atoms with Crippen molar-refractivity contribution in [3.8, 4) is 0 Å². The number of H-pyrrole nitrogens is 1. The van der Waals surface area contributed by atoms with Gasteiger partial charge in [-0.1, -0.05) is 6.07 Å². The fourth-order valence-electron chi connectivity index (χ4n) is 1.44. The number of nitrogens with zero attached hydrogens (tertiary/aromatic N) is 2. The lowest BCUT2D eigenvalue weighted by molar-refractivity contribution is 0.578. The number of aromatic nitrogens is 3. The SMILES string of the molecule is NCc1ccc(Br)c(S(=O)(=O)NCc2ncn[nH]2)c1. The second kappa shape index (κ2) is 5.78. The van der Waals surface area contributed by atoms with Crippen LogP contribution < -0.4 is 10.5 Å². The van der Waals surface area contributed by atoms with E-state index in [1.54, 1.807) is 12.1 Å². The summed E-state index contributed by atoms with van der Waals surface area (Å²) in [6.07, 6.45) is 1.31. The van der Waals surface area contributed by atoms with Gasteiger partial charge in [0.25, 0.3) is 0 Å². The Hall–Kier alpha value is -1.29. The molecule has 1 aromatic heterocycles. The minimum atomic E-state index is -3.64. The predicted molar refractivity (Wildman–Crippen MR) is 72.4 cm³/mol. The van der Waals surface area contributed by atoms with E-state index in [1.165, 1.54) is 12.4 Å². The van der Waals surface area contributed by atoms with Gasteiger partial charge in [-0.2, -0.15) is 5.10 Å². The summed E-state index contributed by atoms with van der Waals surface area (Å²) < 4.78 is 27.3. The van der Waals surface area contributed by atoms with Gasteiger partial charge in [0, 0.05) is 11.0 Å². The van der Waals surface area contributed by atoms with Crippen LogP contribution in [0.2, 0.25) is 0 Å². The average Bonchev–Trinajstić information content (AvgIpc) is 2.90. The monoisotopic (exact) mass is 345 g/mol. The van der Waals surface area contributed by atoms with E-state index in [0.717, 1.165) is 5.56 Å². The van der Waals surface area contributed by atoms with E-state index in [0.29, 0.717) is 10.3 Å². The van der Waals surface area contributed by atoms with Crippen molar-refractivity contribution in [1.82, 2.24) is 19.9 Å². The molecule has 0 amide bonds. The van der Waals surface area contributed by atoms with Crippen molar-refractivity contribution < 1.29 is 8.42 Å². The maximum absolute atomic E-state index is 12.2. The van der Waals surface area contributed by atoms with Gasteiger partial charge in [-0.25, -0.2) is 18.1 Å². The number of hydrogen-bond acceptors (Lipinski definition) is 5. The zero-order valence-electron chi connectivity index (χ0n) is 9.80. The van der Waals surface area contributed by atoms with Crippen LogP contribution in [0.5, 0.6) is 0 Å². The van der Waals surface area contributed by atoms with Crippen molar-refractivity contribution in [3.63, 3.8) is 0 Å². The highest BCUT2D eigenvalue weighted by atomic mass is 79.9. The van der Waals surface area contributed by atoms with Gasteiger partial charge in [0.2, 0.25) is 10.0 Å². The highest BCUT2D eigenvalue weighted by Crippen LogP contribution is 2.23. The number of sulfonamides is 1. The quantitative estimate of drug-likeness (QED) is 0.730. The van der Waals surface area contributed by atoms with Crippen molar-refractivity contribution in [2.45, 2.75) is 18.0 Å². The molecule has 0 spiro atoms. The molecule has 0 fully saturated rings. The molecule has 0 bridgehead atoms. The van der Waals surface area contributed by atoms with Crippen molar-refractivity contribution in [2.75, 3.05) is 0 Å². The standard InChI is InChI=1S/C10H12BrN5O2S/c11-8-2-1-7(4-12)3-9(8)19(17,18)15-5-10-13-6-14-16-10/h1-3,6,15H,4-5,12H2,(H,13,14,16). The largest absolute Gasteiger partial charge is 0.326 e. The fourth-order valence-corrected chi connectivity index (χ4v) is 3.44. The summed E-state index contributed by atoms with van der Waals surface area (Å²) >= 11 is 3.22. The molecule has 2 aromatic rings. The van der Waals surface area contributed by atoms with Gasteiger partial charge in [0.05, 0.1) is 11.4 Å². The molecule has 0 radical (unpaired) electrons. The molecule has 102 valence electrons. The van der Waals surface area contributed by atoms with Crippen molar-refractivity contribution >= 4 is 26.0 Å². The smallest absolute Gasteiger partial charge is 0.242 e. The first-order chi connectivity index (χ1) is 9.03. The second-order valence-corrected chi connectivity index (χ2v) is 6.32. The maximum Gasteiger partial charge on any atom is 0.242 e. The number of halogens is 1. The predicted octanol–water partition coefficient (Wildman–Crippen LogP) is 0.504. The van der Waals surface area contributed by atoms with E-state index in [1.807, 2.05) is 0 Å². The van der Waals surface area contributed by atoms with E-state index in [2.05, 4.69) is 35.8 Å². The molecule has 0 unspecified atom stereocenters. The summed E-state index contributed by atoms with van der Waals surface area (Å²) in [6.45, 7) is 0.319. The molecule has 4 N–H and O–H groups in total. The van der Waals surface area contributed by atoms with E-state index >= 15 is 0 Å². The molecule has 0 aliphatic rings. The minimum absolute atomic E-state index is 0.0433. The Bertz CT molecular complexity index is 657. The normalized spacial score (nSPS) is 11.7. The number of nitrogens with two attached hydrogens (primary N) is 1. The Balaban J connectivity index is 2.23. The summed E-state index contributed by atoms with van der Waals surface area (Å²) in [5.74, 6) is 0.440. The second-order valence-electron chi connectivity index (χ2n) is 3.73. The van der Waals surface area contributed by atoms with Gasteiger partial charge in [0.1, 0.15) is 12.2 Å². The first kappa shape index (κ1) is 14.1. The van der Waals surface area contributed by atoms with Crippen molar-refractivity contribution in [1.29, 1.82) is 0 Å². The highest BCUT2D eigenvalue weighted by molar-refractivity contribution is 9.10. The summed E-state index contributed by atoms with van der Waals surface area (Å²) in [5, 5.41) is 6.22. The van der Waals surface area contributed by atoms with Crippen LogP contribution >= 0.6 is 15.9 Å². The molecule has 0 atom stereocenters. The first-order valence-electron chi connectivity index (χ1n) is 5.35. The fraction of sp³-hybridized carbons (Fsp3) is 0.200. The van der Waals surface area contributed by atoms with Crippen molar-refractivity contribution in [3.05, 3.63) is 40.4 Å². The molecule has 1 aromatic carbocycles. The average molecular weight is 346 g/mol. The Morgan fingerprint density at radius 3 is 2.84 bits per heavy atom. The Morgan fingerprint density at radius 1 is 1.42 bits per heavy atom. The topological polar surface area (TPSA) is 114 Å². The van der Waals surface area contributed by atoms with Gasteiger partial charge >= 0.3 is 0 Å². The summed E-state index contributed by atoms with van der Waals surface area (Å²) in [7, 11) is -3.64. The van der Waals surface area contributed by atoms with Gasteiger partial charge in [-0.05, 0) is 33.6 Å². The highest BCUT2D eigenvalue weighted by Gasteiger charge is 2.18. The lowest BCUT2D eigenvalue weighted by Crippen LogP contribution is -2.24.